The zero-order valence-electron chi connectivity index (χ0n) is 15.8. The van der Waals surface area contributed by atoms with Crippen LogP contribution < -0.4 is 10.5 Å². The molecule has 0 heterocycles. The molecule has 0 amide bonds. The summed E-state index contributed by atoms with van der Waals surface area (Å²) in [6.45, 7) is 18.7. The van der Waals surface area contributed by atoms with Crippen molar-refractivity contribution in [1.29, 1.82) is 0 Å². The first-order valence-corrected chi connectivity index (χ1v) is 8.71. The first-order chi connectivity index (χ1) is 9.47. The Balaban J connectivity index is 0. The van der Waals surface area contributed by atoms with Gasteiger partial charge in [0.1, 0.15) is 0 Å². The molecule has 128 valence electrons. The van der Waals surface area contributed by atoms with Crippen molar-refractivity contribution < 1.29 is 4.48 Å². The predicted octanol–water partition coefficient (Wildman–Crippen LogP) is 3.67. The van der Waals surface area contributed by atoms with Gasteiger partial charge in [-0.3, -0.25) is 4.72 Å². The number of hydrogen-bond acceptors (Lipinski definition) is 3. The van der Waals surface area contributed by atoms with Crippen LogP contribution in [0, 0.1) is 5.41 Å². The molecule has 0 saturated carbocycles. The molecule has 3 N–H and O–H groups in total. The number of likely N-dealkylation sites (N-methyl/N-ethyl adjacent to an activating group) is 1. The highest BCUT2D eigenvalue weighted by Gasteiger charge is 2.26. The van der Waals surface area contributed by atoms with Crippen LogP contribution in [0.25, 0.3) is 0 Å². The van der Waals surface area contributed by atoms with Crippen molar-refractivity contribution in [3.05, 3.63) is 12.7 Å². The van der Waals surface area contributed by atoms with Gasteiger partial charge in [-0.15, -0.1) is 0 Å². The number of hydrogen-bond donors (Lipinski definition) is 2. The Bertz CT molecular complexity index is 268. The van der Waals surface area contributed by atoms with Gasteiger partial charge in [-0.2, -0.15) is 0 Å². The van der Waals surface area contributed by atoms with Crippen LogP contribution in [0.4, 0.5) is 0 Å². The van der Waals surface area contributed by atoms with Crippen molar-refractivity contribution in [3.8, 4) is 0 Å². The minimum atomic E-state index is 0.295. The van der Waals surface area contributed by atoms with Gasteiger partial charge in [-0.25, -0.2) is 0 Å². The molecule has 3 nitrogen and oxygen atoms in total. The molecule has 0 aromatic carbocycles. The van der Waals surface area contributed by atoms with E-state index in [1.54, 1.807) is 0 Å². The zero-order chi connectivity index (χ0) is 17.2. The second-order valence-electron chi connectivity index (χ2n) is 7.98. The molecule has 0 aromatic heterocycles. The molecule has 0 atom stereocenters. The maximum atomic E-state index is 4.50. The predicted molar refractivity (Wildman–Crippen MR) is 101 cm³/mol. The first-order valence-electron chi connectivity index (χ1n) is 7.89. The summed E-state index contributed by atoms with van der Waals surface area (Å²) in [4.78, 5) is 0. The molecule has 0 saturated heterocycles. The maximum absolute atomic E-state index is 4.50. The summed E-state index contributed by atoms with van der Waals surface area (Å²) in [6.07, 6.45) is 4.43. The van der Waals surface area contributed by atoms with Crippen LogP contribution in [0.3, 0.4) is 0 Å². The highest BCUT2D eigenvalue weighted by atomic mass is 32.2. The molecule has 0 fully saturated rings. The summed E-state index contributed by atoms with van der Waals surface area (Å²) in [5, 5.41) is 0. The Morgan fingerprint density at radius 2 is 1.67 bits per heavy atom. The lowest BCUT2D eigenvalue weighted by atomic mass is 9.86. The number of quaternary nitrogens is 1. The van der Waals surface area contributed by atoms with Crippen molar-refractivity contribution in [2.75, 3.05) is 40.8 Å². The molecule has 0 radical (unpaired) electrons. The van der Waals surface area contributed by atoms with Gasteiger partial charge in [0.15, 0.2) is 0 Å². The van der Waals surface area contributed by atoms with E-state index in [1.807, 2.05) is 18.0 Å². The molecule has 0 aliphatic rings. The molecule has 4 heteroatoms. The second kappa shape index (κ2) is 10.7. The lowest BCUT2D eigenvalue weighted by Gasteiger charge is -2.32. The molecule has 0 bridgehead atoms. The van der Waals surface area contributed by atoms with E-state index in [4.69, 9.17) is 0 Å². The summed E-state index contributed by atoms with van der Waals surface area (Å²) in [6, 6.07) is 0. The molecule has 0 unspecified atom stereocenters. The van der Waals surface area contributed by atoms with Crippen molar-refractivity contribution in [1.82, 2.24) is 4.72 Å². The van der Waals surface area contributed by atoms with Gasteiger partial charge in [0.25, 0.3) is 0 Å². The topological polar surface area (TPSA) is 38.0 Å². The van der Waals surface area contributed by atoms with Crippen LogP contribution in [0.2, 0.25) is 0 Å². The van der Waals surface area contributed by atoms with Gasteiger partial charge < -0.3 is 10.2 Å². The monoisotopic (exact) mass is 318 g/mol. The summed E-state index contributed by atoms with van der Waals surface area (Å²) in [7, 11) is 6.02. The normalized spacial score (nSPS) is 12.6. The van der Waals surface area contributed by atoms with Crippen molar-refractivity contribution in [3.63, 3.8) is 0 Å². The highest BCUT2D eigenvalue weighted by Crippen LogP contribution is 2.34. The highest BCUT2D eigenvalue weighted by molar-refractivity contribution is 7.98. The number of nitrogens with zero attached hydrogens (tertiary/aromatic N) is 1. The van der Waals surface area contributed by atoms with Gasteiger partial charge in [-0.1, -0.05) is 39.3 Å². The van der Waals surface area contributed by atoms with Gasteiger partial charge >= 0.3 is 0 Å². The summed E-state index contributed by atoms with van der Waals surface area (Å²) < 4.78 is 4.87. The SMILES string of the molecule is C=CC[N+](C)(C)CCCNSC(C)(C)CC(C)(C)C.CN. The van der Waals surface area contributed by atoms with Gasteiger partial charge in [0.05, 0.1) is 27.2 Å². The Morgan fingerprint density at radius 1 is 1.14 bits per heavy atom. The minimum Gasteiger partial charge on any atom is -0.333 e. The van der Waals surface area contributed by atoms with Gasteiger partial charge in [-0.05, 0) is 38.8 Å². The fraction of sp³-hybridized carbons (Fsp3) is 0.882. The molecule has 21 heavy (non-hydrogen) atoms. The largest absolute Gasteiger partial charge is 0.333 e. The number of nitrogens with two attached hydrogens (primary N) is 1. The lowest BCUT2D eigenvalue weighted by molar-refractivity contribution is -0.884. The molecule has 0 aromatic rings. The van der Waals surface area contributed by atoms with E-state index in [0.29, 0.717) is 10.2 Å². The van der Waals surface area contributed by atoms with Crippen LogP contribution in [0.5, 0.6) is 0 Å². The van der Waals surface area contributed by atoms with Crippen LogP contribution in [0.15, 0.2) is 12.7 Å². The van der Waals surface area contributed by atoms with Crippen molar-refractivity contribution in [2.24, 2.45) is 11.1 Å². The quantitative estimate of drug-likeness (QED) is 0.295. The number of rotatable bonds is 9. The Labute approximate surface area is 138 Å². The average molecular weight is 319 g/mol. The standard InChI is InChI=1S/C16H35N2S.CH5N/c1-9-12-18(7,8)13-10-11-17-19-16(5,6)14-15(2,3)4;1-2/h9,17H,1,10-14H2,2-8H3;2H2,1H3/q+1;. The average Bonchev–Trinajstić information content (AvgIpc) is 2.27. The third-order valence-electron chi connectivity index (χ3n) is 2.97. The molecular weight excluding hydrogens is 278 g/mol. The maximum Gasteiger partial charge on any atom is 0.0966 e. The summed E-state index contributed by atoms with van der Waals surface area (Å²) in [5.41, 5.74) is 4.89. The van der Waals surface area contributed by atoms with E-state index in [1.165, 1.54) is 26.4 Å². The van der Waals surface area contributed by atoms with Crippen molar-refractivity contribution in [2.45, 2.75) is 52.2 Å². The van der Waals surface area contributed by atoms with E-state index in [2.05, 4.69) is 65.7 Å². The summed E-state index contributed by atoms with van der Waals surface area (Å²) in [5.74, 6) is 0. The van der Waals surface area contributed by atoms with Crippen LogP contribution in [0.1, 0.15) is 47.5 Å². The molecule has 0 aliphatic heterocycles. The van der Waals surface area contributed by atoms with Gasteiger partial charge in [0, 0.05) is 17.7 Å². The van der Waals surface area contributed by atoms with Gasteiger partial charge in [0.2, 0.25) is 0 Å². The molecule has 0 aliphatic carbocycles. The molecule has 0 rings (SSSR count). The first kappa shape index (κ1) is 23.2. The molecule has 0 spiro atoms. The minimum absolute atomic E-state index is 0.295. The number of nitrogens with one attached hydrogen (secondary N) is 1. The summed E-state index contributed by atoms with van der Waals surface area (Å²) >= 11 is 1.89. The third-order valence-corrected chi connectivity index (χ3v) is 4.02. The van der Waals surface area contributed by atoms with E-state index >= 15 is 0 Å². The van der Waals surface area contributed by atoms with E-state index in [-0.39, 0.29) is 0 Å². The second-order valence-corrected chi connectivity index (χ2v) is 9.58. The van der Waals surface area contributed by atoms with Crippen LogP contribution in [-0.2, 0) is 0 Å². The van der Waals surface area contributed by atoms with Crippen LogP contribution in [-0.4, -0.2) is 50.0 Å². The fourth-order valence-electron chi connectivity index (χ4n) is 2.58. The Hall–Kier alpha value is -0.0300. The van der Waals surface area contributed by atoms with E-state index < -0.39 is 0 Å². The lowest BCUT2D eigenvalue weighted by Crippen LogP contribution is -2.41. The smallest absolute Gasteiger partial charge is 0.0966 e. The fourth-order valence-corrected chi connectivity index (χ4v) is 3.72. The van der Waals surface area contributed by atoms with Crippen LogP contribution >= 0.6 is 11.9 Å². The third kappa shape index (κ3) is 16.2. The molecular formula is C17H40N3S+. The Kier molecular flexibility index (Phi) is 11.8. The Morgan fingerprint density at radius 3 is 2.10 bits per heavy atom. The van der Waals surface area contributed by atoms with E-state index in [0.717, 1.165) is 17.6 Å². The van der Waals surface area contributed by atoms with E-state index in [9.17, 15) is 0 Å². The zero-order valence-corrected chi connectivity index (χ0v) is 16.6. The van der Waals surface area contributed by atoms with Crippen molar-refractivity contribution >= 4 is 11.9 Å².